The number of ether oxygens (including phenoxy) is 1. The van der Waals surface area contributed by atoms with Crippen LogP contribution in [0.15, 0.2) is 18.2 Å². The van der Waals surface area contributed by atoms with Gasteiger partial charge in [-0.3, -0.25) is 0 Å². The van der Waals surface area contributed by atoms with Crippen LogP contribution in [-0.2, 0) is 4.74 Å². The molecule has 0 fully saturated rings. The van der Waals surface area contributed by atoms with E-state index >= 15 is 0 Å². The zero-order valence-electron chi connectivity index (χ0n) is 9.74. The van der Waals surface area contributed by atoms with Gasteiger partial charge >= 0.3 is 5.97 Å². The van der Waals surface area contributed by atoms with Crippen molar-refractivity contribution in [1.29, 1.82) is 0 Å². The second-order valence-corrected chi connectivity index (χ2v) is 3.63. The minimum Gasteiger partial charge on any atom is -0.462 e. The first-order valence-electron chi connectivity index (χ1n) is 5.13. The van der Waals surface area contributed by atoms with Crippen molar-refractivity contribution in [1.82, 2.24) is 5.32 Å². The maximum atomic E-state index is 11.5. The Bertz CT molecular complexity index is 435. The highest BCUT2D eigenvalue weighted by Crippen LogP contribution is 2.20. The summed E-state index contributed by atoms with van der Waals surface area (Å²) >= 11 is 4.96. The smallest absolute Gasteiger partial charge is 0.338 e. The second-order valence-electron chi connectivity index (χ2n) is 3.23. The fraction of sp³-hybridized carbons (Fsp3) is 0.273. The van der Waals surface area contributed by atoms with Crippen LogP contribution in [0.3, 0.4) is 0 Å². The van der Waals surface area contributed by atoms with Gasteiger partial charge in [-0.05, 0) is 37.3 Å². The van der Waals surface area contributed by atoms with Gasteiger partial charge in [-0.25, -0.2) is 4.79 Å². The zero-order chi connectivity index (χ0) is 12.8. The Labute approximate surface area is 105 Å². The Kier molecular flexibility index (Phi) is 4.71. The molecule has 5 nitrogen and oxygen atoms in total. The van der Waals surface area contributed by atoms with Gasteiger partial charge in [0.15, 0.2) is 5.11 Å². The van der Waals surface area contributed by atoms with Gasteiger partial charge in [-0.15, -0.1) is 0 Å². The number of nitrogen functional groups attached to an aromatic ring is 1. The molecule has 0 aliphatic heterocycles. The van der Waals surface area contributed by atoms with Gasteiger partial charge in [0.25, 0.3) is 0 Å². The van der Waals surface area contributed by atoms with Crippen molar-refractivity contribution in [3.05, 3.63) is 23.8 Å². The van der Waals surface area contributed by atoms with Crippen molar-refractivity contribution in [3.8, 4) is 0 Å². The van der Waals surface area contributed by atoms with E-state index in [9.17, 15) is 4.79 Å². The molecule has 0 spiro atoms. The van der Waals surface area contributed by atoms with Crippen molar-refractivity contribution in [2.75, 3.05) is 24.7 Å². The summed E-state index contributed by atoms with van der Waals surface area (Å²) in [4.78, 5) is 11.5. The lowest BCUT2D eigenvalue weighted by atomic mass is 10.1. The van der Waals surface area contributed by atoms with Crippen LogP contribution in [-0.4, -0.2) is 24.7 Å². The van der Waals surface area contributed by atoms with Gasteiger partial charge in [0.1, 0.15) is 0 Å². The molecule has 0 aromatic heterocycles. The van der Waals surface area contributed by atoms with Crippen molar-refractivity contribution >= 4 is 34.7 Å². The third-order valence-electron chi connectivity index (χ3n) is 2.04. The standard InChI is InChI=1S/C11H15N3O2S/c1-3-16-10(15)7-4-5-8(12)9(6-7)14-11(17)13-2/h4-6H,3,12H2,1-2H3,(H2,13,14,17). The van der Waals surface area contributed by atoms with Gasteiger partial charge in [0.05, 0.1) is 23.5 Å². The summed E-state index contributed by atoms with van der Waals surface area (Å²) in [5.74, 6) is -0.383. The van der Waals surface area contributed by atoms with Crippen molar-refractivity contribution < 1.29 is 9.53 Å². The Hall–Kier alpha value is -1.82. The molecule has 0 amide bonds. The van der Waals surface area contributed by atoms with Crippen LogP contribution < -0.4 is 16.4 Å². The number of hydrogen-bond donors (Lipinski definition) is 3. The average Bonchev–Trinajstić information content (AvgIpc) is 2.32. The van der Waals surface area contributed by atoms with Crippen molar-refractivity contribution in [2.24, 2.45) is 0 Å². The van der Waals surface area contributed by atoms with Gasteiger partial charge < -0.3 is 21.1 Å². The second kappa shape index (κ2) is 6.05. The molecule has 0 saturated heterocycles. The number of nitrogens with one attached hydrogen (secondary N) is 2. The Morgan fingerprint density at radius 3 is 2.82 bits per heavy atom. The summed E-state index contributed by atoms with van der Waals surface area (Å²) in [6.07, 6.45) is 0. The maximum Gasteiger partial charge on any atom is 0.338 e. The molecule has 0 aliphatic carbocycles. The van der Waals surface area contributed by atoms with Gasteiger partial charge in [0, 0.05) is 7.05 Å². The summed E-state index contributed by atoms with van der Waals surface area (Å²) in [7, 11) is 1.70. The Morgan fingerprint density at radius 2 is 2.24 bits per heavy atom. The van der Waals surface area contributed by atoms with Gasteiger partial charge in [0.2, 0.25) is 0 Å². The number of hydrogen-bond acceptors (Lipinski definition) is 4. The maximum absolute atomic E-state index is 11.5. The van der Waals surface area contributed by atoms with E-state index in [0.717, 1.165) is 0 Å². The van der Waals surface area contributed by atoms with Gasteiger partial charge in [-0.2, -0.15) is 0 Å². The summed E-state index contributed by atoms with van der Waals surface area (Å²) in [6, 6.07) is 4.85. The molecule has 0 atom stereocenters. The molecule has 17 heavy (non-hydrogen) atoms. The number of carbonyl (C=O) groups is 1. The van der Waals surface area contributed by atoms with E-state index in [-0.39, 0.29) is 5.97 Å². The molecule has 1 aromatic carbocycles. The molecular weight excluding hydrogens is 238 g/mol. The average molecular weight is 253 g/mol. The van der Waals surface area contributed by atoms with E-state index in [2.05, 4.69) is 10.6 Å². The predicted molar refractivity (Wildman–Crippen MR) is 72.1 cm³/mol. The van der Waals surface area contributed by atoms with E-state index in [1.54, 1.807) is 32.2 Å². The molecular formula is C11H15N3O2S. The van der Waals surface area contributed by atoms with Crippen LogP contribution in [0.2, 0.25) is 0 Å². The molecule has 0 bridgehead atoms. The van der Waals surface area contributed by atoms with Crippen LogP contribution in [0.1, 0.15) is 17.3 Å². The normalized spacial score (nSPS) is 9.53. The number of esters is 1. The van der Waals surface area contributed by atoms with Crippen LogP contribution in [0.25, 0.3) is 0 Å². The lowest BCUT2D eigenvalue weighted by Gasteiger charge is -2.11. The number of carbonyl (C=O) groups excluding carboxylic acids is 1. The number of anilines is 2. The van der Waals surface area contributed by atoms with Gasteiger partial charge in [-0.1, -0.05) is 0 Å². The van der Waals surface area contributed by atoms with E-state index in [4.69, 9.17) is 22.7 Å². The quantitative estimate of drug-likeness (QED) is 0.429. The SMILES string of the molecule is CCOC(=O)c1ccc(N)c(NC(=S)NC)c1. The molecule has 6 heteroatoms. The van der Waals surface area contributed by atoms with Crippen molar-refractivity contribution in [2.45, 2.75) is 6.92 Å². The van der Waals surface area contributed by atoms with E-state index in [1.165, 1.54) is 0 Å². The first-order valence-corrected chi connectivity index (χ1v) is 5.54. The monoisotopic (exact) mass is 253 g/mol. The largest absolute Gasteiger partial charge is 0.462 e. The third-order valence-corrected chi connectivity index (χ3v) is 2.35. The fourth-order valence-corrected chi connectivity index (χ4v) is 1.30. The molecule has 1 aromatic rings. The van der Waals surface area contributed by atoms with Crippen LogP contribution in [0, 0.1) is 0 Å². The molecule has 0 aliphatic rings. The third kappa shape index (κ3) is 3.60. The van der Waals surface area contributed by atoms with E-state index < -0.39 is 0 Å². The molecule has 0 heterocycles. The summed E-state index contributed by atoms with van der Waals surface area (Å²) in [5.41, 5.74) is 7.29. The topological polar surface area (TPSA) is 76.4 Å². The Balaban J connectivity index is 2.93. The zero-order valence-corrected chi connectivity index (χ0v) is 10.6. The van der Waals surface area contributed by atoms with E-state index in [1.807, 2.05) is 0 Å². The highest BCUT2D eigenvalue weighted by molar-refractivity contribution is 7.80. The molecule has 4 N–H and O–H groups in total. The minimum atomic E-state index is -0.383. The first-order chi connectivity index (χ1) is 8.08. The predicted octanol–water partition coefficient (Wildman–Crippen LogP) is 1.36. The van der Waals surface area contributed by atoms with Crippen LogP contribution in [0.5, 0.6) is 0 Å². The summed E-state index contributed by atoms with van der Waals surface area (Å²) in [5, 5.41) is 6.08. The lowest BCUT2D eigenvalue weighted by molar-refractivity contribution is 0.0526. The number of benzene rings is 1. The molecule has 0 unspecified atom stereocenters. The number of nitrogens with two attached hydrogens (primary N) is 1. The molecule has 92 valence electrons. The minimum absolute atomic E-state index is 0.334. The lowest BCUT2D eigenvalue weighted by Crippen LogP contribution is -2.24. The van der Waals surface area contributed by atoms with Crippen LogP contribution >= 0.6 is 12.2 Å². The number of rotatable bonds is 3. The van der Waals surface area contributed by atoms with Crippen molar-refractivity contribution in [3.63, 3.8) is 0 Å². The molecule has 0 radical (unpaired) electrons. The first kappa shape index (κ1) is 13.2. The highest BCUT2D eigenvalue weighted by Gasteiger charge is 2.09. The summed E-state index contributed by atoms with van der Waals surface area (Å²) < 4.78 is 4.90. The molecule has 1 rings (SSSR count). The summed E-state index contributed by atoms with van der Waals surface area (Å²) in [6.45, 7) is 2.09. The van der Waals surface area contributed by atoms with E-state index in [0.29, 0.717) is 28.7 Å². The fourth-order valence-electron chi connectivity index (χ4n) is 1.19. The highest BCUT2D eigenvalue weighted by atomic mass is 32.1. The van der Waals surface area contributed by atoms with Crippen LogP contribution in [0.4, 0.5) is 11.4 Å². The number of thiocarbonyl (C=S) groups is 1. The Morgan fingerprint density at radius 1 is 1.53 bits per heavy atom. The molecule has 0 saturated carbocycles.